The molecule has 1 aromatic heterocycles. The average molecular weight is 289 g/mol. The van der Waals surface area contributed by atoms with E-state index in [-0.39, 0.29) is 12.1 Å². The van der Waals surface area contributed by atoms with Crippen molar-refractivity contribution in [2.45, 2.75) is 51.7 Å². The molecule has 0 aromatic carbocycles. The molecular weight excluding hydrogens is 266 g/mol. The van der Waals surface area contributed by atoms with Crippen LogP contribution in [0, 0.1) is 0 Å². The second kappa shape index (κ2) is 6.16. The number of alkyl carbamates (subject to hydrolysis) is 1. The van der Waals surface area contributed by atoms with Crippen molar-refractivity contribution in [2.75, 3.05) is 5.73 Å². The lowest BCUT2D eigenvalue weighted by molar-refractivity contribution is 0.0502. The molecule has 0 bridgehead atoms. The third-order valence-corrected chi connectivity index (χ3v) is 3.27. The summed E-state index contributed by atoms with van der Waals surface area (Å²) < 4.78 is 5.27. The molecule has 1 aromatic rings. The summed E-state index contributed by atoms with van der Waals surface area (Å²) in [6, 6.07) is 3.79. The van der Waals surface area contributed by atoms with Gasteiger partial charge in [-0.05, 0) is 57.7 Å². The van der Waals surface area contributed by atoms with E-state index in [9.17, 15) is 4.79 Å². The normalized spacial score (nSPS) is 18.8. The van der Waals surface area contributed by atoms with Gasteiger partial charge in [-0.25, -0.2) is 4.79 Å². The Morgan fingerprint density at radius 3 is 2.81 bits per heavy atom. The van der Waals surface area contributed by atoms with Gasteiger partial charge < -0.3 is 15.8 Å². The Kier molecular flexibility index (Phi) is 4.50. The number of nitrogens with two attached hydrogens (primary N) is 1. The number of amides is 1. The Hall–Kier alpha value is -2.04. The maximum absolute atomic E-state index is 11.7. The first-order valence-corrected chi connectivity index (χ1v) is 7.24. The summed E-state index contributed by atoms with van der Waals surface area (Å²) in [6.07, 6.45) is 5.97. The van der Waals surface area contributed by atoms with Crippen LogP contribution in [-0.4, -0.2) is 22.7 Å². The molecule has 5 heteroatoms. The highest BCUT2D eigenvalue weighted by molar-refractivity contribution is 5.73. The number of hydrogen-bond donors (Lipinski definition) is 2. The first kappa shape index (κ1) is 15.4. The van der Waals surface area contributed by atoms with Crippen LogP contribution in [0.1, 0.15) is 45.7 Å². The largest absolute Gasteiger partial charge is 0.444 e. The molecule has 0 saturated carbocycles. The minimum atomic E-state index is -0.470. The number of allylic oxidation sites excluding steroid dienone is 1. The number of carbonyl (C=O) groups excluding carboxylic acids is 1. The van der Waals surface area contributed by atoms with Crippen LogP contribution in [0.3, 0.4) is 0 Å². The molecule has 0 spiro atoms. The highest BCUT2D eigenvalue weighted by atomic mass is 16.6. The van der Waals surface area contributed by atoms with E-state index in [0.29, 0.717) is 5.69 Å². The summed E-state index contributed by atoms with van der Waals surface area (Å²) in [6.45, 7) is 5.57. The Labute approximate surface area is 125 Å². The topological polar surface area (TPSA) is 77.2 Å². The minimum absolute atomic E-state index is 0.105. The van der Waals surface area contributed by atoms with Crippen molar-refractivity contribution >= 4 is 17.4 Å². The molecule has 1 aliphatic carbocycles. The van der Waals surface area contributed by atoms with E-state index < -0.39 is 5.60 Å². The van der Waals surface area contributed by atoms with Gasteiger partial charge in [-0.3, -0.25) is 4.98 Å². The molecule has 0 fully saturated rings. The average Bonchev–Trinajstić information content (AvgIpc) is 2.38. The van der Waals surface area contributed by atoms with Crippen LogP contribution in [0.4, 0.5) is 10.5 Å². The van der Waals surface area contributed by atoms with Crippen molar-refractivity contribution < 1.29 is 9.53 Å². The van der Waals surface area contributed by atoms with Crippen LogP contribution < -0.4 is 11.1 Å². The first-order valence-electron chi connectivity index (χ1n) is 7.24. The van der Waals surface area contributed by atoms with Crippen molar-refractivity contribution in [3.8, 4) is 0 Å². The number of nitrogens with zero attached hydrogens (tertiary/aromatic N) is 1. The quantitative estimate of drug-likeness (QED) is 0.877. The van der Waals surface area contributed by atoms with Crippen molar-refractivity contribution in [2.24, 2.45) is 0 Å². The molecule has 3 N–H and O–H groups in total. The zero-order chi connectivity index (χ0) is 15.5. The number of pyridine rings is 1. The van der Waals surface area contributed by atoms with Crippen molar-refractivity contribution in [3.63, 3.8) is 0 Å². The molecule has 21 heavy (non-hydrogen) atoms. The Morgan fingerprint density at radius 2 is 2.24 bits per heavy atom. The van der Waals surface area contributed by atoms with E-state index in [1.807, 2.05) is 32.9 Å². The van der Waals surface area contributed by atoms with Crippen molar-refractivity contribution in [1.29, 1.82) is 0 Å². The summed E-state index contributed by atoms with van der Waals surface area (Å²) in [5, 5.41) is 2.90. The second-order valence-electron chi connectivity index (χ2n) is 6.29. The molecule has 1 unspecified atom stereocenters. The lowest BCUT2D eigenvalue weighted by atomic mass is 9.92. The number of aromatic nitrogens is 1. The maximum atomic E-state index is 11.7. The molecule has 0 radical (unpaired) electrons. The lowest BCUT2D eigenvalue weighted by Gasteiger charge is -2.26. The number of hydrogen-bond acceptors (Lipinski definition) is 4. The molecular formula is C16H23N3O2. The zero-order valence-electron chi connectivity index (χ0n) is 12.8. The van der Waals surface area contributed by atoms with Gasteiger partial charge in [-0.15, -0.1) is 0 Å². The summed E-state index contributed by atoms with van der Waals surface area (Å²) in [5.74, 6) is 0. The summed E-state index contributed by atoms with van der Waals surface area (Å²) in [4.78, 5) is 16.1. The van der Waals surface area contributed by atoms with Gasteiger partial charge >= 0.3 is 6.09 Å². The predicted octanol–water partition coefficient (Wildman–Crippen LogP) is 3.12. The van der Waals surface area contributed by atoms with Gasteiger partial charge in [0.2, 0.25) is 0 Å². The summed E-state index contributed by atoms with van der Waals surface area (Å²) >= 11 is 0. The number of nitrogens with one attached hydrogen (secondary N) is 1. The highest BCUT2D eigenvalue weighted by Crippen LogP contribution is 2.28. The molecule has 0 saturated heterocycles. The molecule has 114 valence electrons. The monoisotopic (exact) mass is 289 g/mol. The molecule has 1 aliphatic rings. The molecule has 1 amide bonds. The summed E-state index contributed by atoms with van der Waals surface area (Å²) in [5.41, 5.74) is 8.17. The van der Waals surface area contributed by atoms with Crippen molar-refractivity contribution in [1.82, 2.24) is 10.3 Å². The molecule has 2 rings (SSSR count). The number of nitrogen functional groups attached to an aromatic ring is 1. The standard InChI is InChI=1S/C16H23N3O2/c1-16(2,3)21-15(20)19-12-8-6-11(7-9-12)14-13(17)5-4-10-18-14/h4-6,10,12H,7-9,17H2,1-3H3,(H,19,20). The smallest absolute Gasteiger partial charge is 0.407 e. The molecule has 5 nitrogen and oxygen atoms in total. The Morgan fingerprint density at radius 1 is 1.48 bits per heavy atom. The second-order valence-corrected chi connectivity index (χ2v) is 6.29. The maximum Gasteiger partial charge on any atom is 0.407 e. The van der Waals surface area contributed by atoms with Crippen LogP contribution in [-0.2, 0) is 4.74 Å². The number of ether oxygens (including phenoxy) is 1. The predicted molar refractivity (Wildman–Crippen MR) is 83.6 cm³/mol. The fraction of sp³-hybridized carbons (Fsp3) is 0.500. The Balaban J connectivity index is 1.93. The number of carbonyl (C=O) groups is 1. The van der Waals surface area contributed by atoms with Crippen molar-refractivity contribution in [3.05, 3.63) is 30.1 Å². The van der Waals surface area contributed by atoms with Crippen LogP contribution in [0.25, 0.3) is 5.57 Å². The number of rotatable bonds is 2. The van der Waals surface area contributed by atoms with E-state index in [2.05, 4.69) is 16.4 Å². The summed E-state index contributed by atoms with van der Waals surface area (Å²) in [7, 11) is 0. The van der Waals surface area contributed by atoms with Crippen LogP contribution in [0.2, 0.25) is 0 Å². The number of anilines is 1. The fourth-order valence-electron chi connectivity index (χ4n) is 2.34. The first-order chi connectivity index (χ1) is 9.85. The van der Waals surface area contributed by atoms with E-state index in [1.165, 1.54) is 0 Å². The molecule has 1 atom stereocenters. The van der Waals surface area contributed by atoms with E-state index in [1.54, 1.807) is 6.20 Å². The van der Waals surface area contributed by atoms with Gasteiger partial charge in [0.25, 0.3) is 0 Å². The van der Waals surface area contributed by atoms with Gasteiger partial charge in [0.1, 0.15) is 5.60 Å². The molecule has 0 aliphatic heterocycles. The van der Waals surface area contributed by atoms with E-state index in [0.717, 1.165) is 30.5 Å². The van der Waals surface area contributed by atoms with E-state index >= 15 is 0 Å². The fourth-order valence-corrected chi connectivity index (χ4v) is 2.34. The van der Waals surface area contributed by atoms with Gasteiger partial charge in [-0.2, -0.15) is 0 Å². The minimum Gasteiger partial charge on any atom is -0.444 e. The third kappa shape index (κ3) is 4.48. The van der Waals surface area contributed by atoms with Gasteiger partial charge in [0.05, 0.1) is 11.4 Å². The third-order valence-electron chi connectivity index (χ3n) is 3.27. The van der Waals surface area contributed by atoms with Crippen LogP contribution in [0.5, 0.6) is 0 Å². The van der Waals surface area contributed by atoms with Crippen LogP contribution >= 0.6 is 0 Å². The van der Waals surface area contributed by atoms with Gasteiger partial charge in [0, 0.05) is 12.2 Å². The zero-order valence-corrected chi connectivity index (χ0v) is 12.8. The highest BCUT2D eigenvalue weighted by Gasteiger charge is 2.22. The Bertz CT molecular complexity index is 547. The van der Waals surface area contributed by atoms with Crippen LogP contribution in [0.15, 0.2) is 24.4 Å². The molecule has 1 heterocycles. The SMILES string of the molecule is CC(C)(C)OC(=O)NC1CC=C(c2ncccc2N)CC1. The lowest BCUT2D eigenvalue weighted by Crippen LogP contribution is -2.39. The van der Waals surface area contributed by atoms with Gasteiger partial charge in [-0.1, -0.05) is 6.08 Å². The van der Waals surface area contributed by atoms with E-state index in [4.69, 9.17) is 10.5 Å². The van der Waals surface area contributed by atoms with Gasteiger partial charge in [0.15, 0.2) is 0 Å².